The van der Waals surface area contributed by atoms with Crippen LogP contribution in [0.25, 0.3) is 10.9 Å². The van der Waals surface area contributed by atoms with E-state index in [9.17, 15) is 32.0 Å². The zero-order valence-corrected chi connectivity index (χ0v) is 12.9. The van der Waals surface area contributed by atoms with Gasteiger partial charge in [-0.3, -0.25) is 9.78 Å². The minimum atomic E-state index is -4.77. The summed E-state index contributed by atoms with van der Waals surface area (Å²) < 4.78 is 67.2. The molecular weight excluding hydrogens is 361 g/mol. The molecule has 3 rings (SSSR count). The molecule has 0 radical (unpaired) electrons. The standard InChI is InChI=1S/C16H10F5N3O2/c17-8-1-9-13(12(18)2-8)23-4-7(3-22)14(9)24-5-10(15(25)26)11(6-24)16(19,20)21/h1-2,4,10-11H,5-6H2,(H,25,26)/t10-,11-/m1/s1. The Hall–Kier alpha value is -2.96. The summed E-state index contributed by atoms with van der Waals surface area (Å²) in [4.78, 5) is 16.0. The van der Waals surface area contributed by atoms with Crippen LogP contribution in [0.1, 0.15) is 5.56 Å². The van der Waals surface area contributed by atoms with Crippen LogP contribution in [0.2, 0.25) is 0 Å². The van der Waals surface area contributed by atoms with Gasteiger partial charge in [0.15, 0.2) is 5.82 Å². The highest BCUT2D eigenvalue weighted by atomic mass is 19.4. The minimum absolute atomic E-state index is 0.158. The number of nitrogens with zero attached hydrogens (tertiary/aromatic N) is 3. The van der Waals surface area contributed by atoms with E-state index in [1.54, 1.807) is 6.07 Å². The largest absolute Gasteiger partial charge is 0.481 e. The molecule has 10 heteroatoms. The second-order valence-electron chi connectivity index (χ2n) is 5.91. The van der Waals surface area contributed by atoms with Crippen molar-refractivity contribution in [2.24, 2.45) is 11.8 Å². The van der Waals surface area contributed by atoms with Crippen LogP contribution in [-0.4, -0.2) is 35.3 Å². The summed E-state index contributed by atoms with van der Waals surface area (Å²) in [6.07, 6.45) is -3.81. The number of rotatable bonds is 2. The van der Waals surface area contributed by atoms with Gasteiger partial charge in [0.25, 0.3) is 0 Å². The number of aliphatic carboxylic acids is 1. The fourth-order valence-corrected chi connectivity index (χ4v) is 3.20. The fraction of sp³-hybridized carbons (Fsp3) is 0.312. The molecule has 1 fully saturated rings. The molecule has 1 aliphatic heterocycles. The van der Waals surface area contributed by atoms with Crippen molar-refractivity contribution in [2.45, 2.75) is 6.18 Å². The average Bonchev–Trinajstić information content (AvgIpc) is 2.99. The number of pyridine rings is 1. The van der Waals surface area contributed by atoms with Crippen molar-refractivity contribution in [1.29, 1.82) is 5.26 Å². The molecule has 0 unspecified atom stereocenters. The van der Waals surface area contributed by atoms with Gasteiger partial charge in [-0.15, -0.1) is 0 Å². The molecule has 5 nitrogen and oxygen atoms in total. The Kier molecular flexibility index (Phi) is 4.18. The Morgan fingerprint density at radius 2 is 2.00 bits per heavy atom. The quantitative estimate of drug-likeness (QED) is 0.821. The first kappa shape index (κ1) is 17.8. The van der Waals surface area contributed by atoms with Crippen molar-refractivity contribution >= 4 is 22.6 Å². The van der Waals surface area contributed by atoms with Crippen LogP contribution >= 0.6 is 0 Å². The topological polar surface area (TPSA) is 77.2 Å². The lowest BCUT2D eigenvalue weighted by molar-refractivity contribution is -0.187. The van der Waals surface area contributed by atoms with E-state index < -0.39 is 48.7 Å². The monoisotopic (exact) mass is 371 g/mol. The zero-order valence-electron chi connectivity index (χ0n) is 12.9. The number of aromatic nitrogens is 1. The number of carboxylic acid groups (broad SMARTS) is 1. The molecule has 26 heavy (non-hydrogen) atoms. The van der Waals surface area contributed by atoms with Crippen LogP contribution in [0.15, 0.2) is 18.3 Å². The second kappa shape index (κ2) is 6.09. The maximum Gasteiger partial charge on any atom is 0.394 e. The molecule has 1 aliphatic rings. The molecule has 2 atom stereocenters. The van der Waals surface area contributed by atoms with Gasteiger partial charge in [-0.1, -0.05) is 0 Å². The normalized spacial score (nSPS) is 20.4. The number of hydrogen-bond acceptors (Lipinski definition) is 4. The van der Waals surface area contributed by atoms with Gasteiger partial charge in [-0.05, 0) is 6.07 Å². The number of carboxylic acids is 1. The molecule has 2 aromatic rings. The zero-order chi connectivity index (χ0) is 19.2. The third kappa shape index (κ3) is 2.89. The smallest absolute Gasteiger partial charge is 0.394 e. The molecule has 1 aromatic heterocycles. The Morgan fingerprint density at radius 3 is 2.54 bits per heavy atom. The van der Waals surface area contributed by atoms with Gasteiger partial charge in [-0.25, -0.2) is 8.78 Å². The molecular formula is C16H10F5N3O2. The summed E-state index contributed by atoms with van der Waals surface area (Å²) in [7, 11) is 0. The van der Waals surface area contributed by atoms with E-state index in [0.29, 0.717) is 6.07 Å². The van der Waals surface area contributed by atoms with Crippen LogP contribution in [-0.2, 0) is 4.79 Å². The molecule has 0 aliphatic carbocycles. The van der Waals surface area contributed by atoms with Crippen LogP contribution < -0.4 is 4.90 Å². The summed E-state index contributed by atoms with van der Waals surface area (Å²) in [6, 6.07) is 3.15. The third-order valence-corrected chi connectivity index (χ3v) is 4.36. The van der Waals surface area contributed by atoms with E-state index >= 15 is 0 Å². The van der Waals surface area contributed by atoms with Gasteiger partial charge >= 0.3 is 12.1 Å². The lowest BCUT2D eigenvalue weighted by atomic mass is 9.96. The molecule has 0 saturated carbocycles. The third-order valence-electron chi connectivity index (χ3n) is 4.36. The fourth-order valence-electron chi connectivity index (χ4n) is 3.20. The van der Waals surface area contributed by atoms with Gasteiger partial charge in [0, 0.05) is 30.7 Å². The first-order valence-corrected chi connectivity index (χ1v) is 7.35. The van der Waals surface area contributed by atoms with Crippen molar-refractivity contribution < 1.29 is 31.9 Å². The van der Waals surface area contributed by atoms with Crippen molar-refractivity contribution in [3.63, 3.8) is 0 Å². The van der Waals surface area contributed by atoms with Crippen molar-refractivity contribution in [3.05, 3.63) is 35.5 Å². The number of benzene rings is 1. The van der Waals surface area contributed by atoms with Crippen molar-refractivity contribution in [2.75, 3.05) is 18.0 Å². The average molecular weight is 371 g/mol. The highest BCUT2D eigenvalue weighted by Crippen LogP contribution is 2.42. The summed E-state index contributed by atoms with van der Waals surface area (Å²) in [5.74, 6) is -7.60. The Labute approximate surface area is 143 Å². The van der Waals surface area contributed by atoms with Gasteiger partial charge in [0.1, 0.15) is 17.4 Å². The first-order chi connectivity index (χ1) is 12.1. The molecule has 0 bridgehead atoms. The molecule has 136 valence electrons. The van der Waals surface area contributed by atoms with Gasteiger partial charge in [-0.2, -0.15) is 18.4 Å². The maximum atomic E-state index is 13.9. The summed E-state index contributed by atoms with van der Waals surface area (Å²) in [5, 5.41) is 18.2. The van der Waals surface area contributed by atoms with E-state index in [1.807, 2.05) is 0 Å². The molecule has 0 amide bonds. The summed E-state index contributed by atoms with van der Waals surface area (Å²) >= 11 is 0. The Morgan fingerprint density at radius 1 is 1.31 bits per heavy atom. The Balaban J connectivity index is 2.19. The molecule has 1 N–H and O–H groups in total. The van der Waals surface area contributed by atoms with Crippen LogP contribution in [0.4, 0.5) is 27.6 Å². The second-order valence-corrected chi connectivity index (χ2v) is 5.91. The highest BCUT2D eigenvalue weighted by molar-refractivity contribution is 5.95. The number of carbonyl (C=O) groups is 1. The van der Waals surface area contributed by atoms with E-state index in [2.05, 4.69) is 4.98 Å². The lowest BCUT2D eigenvalue weighted by Crippen LogP contribution is -2.33. The SMILES string of the molecule is N#Cc1cnc2c(F)cc(F)cc2c1N1C[C@@H](C(F)(F)F)[C@H](C(=O)O)C1. The number of anilines is 1. The molecule has 0 spiro atoms. The first-order valence-electron chi connectivity index (χ1n) is 7.35. The van der Waals surface area contributed by atoms with Crippen molar-refractivity contribution in [3.8, 4) is 6.07 Å². The summed E-state index contributed by atoms with van der Waals surface area (Å²) in [5.41, 5.74) is -0.675. The van der Waals surface area contributed by atoms with Crippen molar-refractivity contribution in [1.82, 2.24) is 4.98 Å². The van der Waals surface area contributed by atoms with Gasteiger partial charge < -0.3 is 10.0 Å². The van der Waals surface area contributed by atoms with E-state index in [1.165, 1.54) is 0 Å². The predicted molar refractivity (Wildman–Crippen MR) is 79.3 cm³/mol. The molecule has 2 heterocycles. The van der Waals surface area contributed by atoms with Crippen LogP contribution in [0.5, 0.6) is 0 Å². The predicted octanol–water partition coefficient (Wildman–Crippen LogP) is 3.08. The summed E-state index contributed by atoms with van der Waals surface area (Å²) in [6.45, 7) is -1.29. The molecule has 1 saturated heterocycles. The number of hydrogen-bond donors (Lipinski definition) is 1. The highest BCUT2D eigenvalue weighted by Gasteiger charge is 2.53. The van der Waals surface area contributed by atoms with Crippen LogP contribution in [0.3, 0.4) is 0 Å². The lowest BCUT2D eigenvalue weighted by Gasteiger charge is -2.22. The minimum Gasteiger partial charge on any atom is -0.481 e. The van der Waals surface area contributed by atoms with Gasteiger partial charge in [0.2, 0.25) is 0 Å². The van der Waals surface area contributed by atoms with Gasteiger partial charge in [0.05, 0.1) is 23.1 Å². The number of fused-ring (bicyclic) bond motifs is 1. The van der Waals surface area contributed by atoms with E-state index in [4.69, 9.17) is 5.11 Å². The Bertz CT molecular complexity index is 938. The number of halogens is 5. The van der Waals surface area contributed by atoms with E-state index in [-0.39, 0.29) is 22.2 Å². The number of alkyl halides is 3. The maximum absolute atomic E-state index is 13.9. The number of nitriles is 1. The van der Waals surface area contributed by atoms with Crippen LogP contribution in [0, 0.1) is 34.8 Å². The molecule has 1 aromatic carbocycles. The van der Waals surface area contributed by atoms with E-state index in [0.717, 1.165) is 17.2 Å².